The van der Waals surface area contributed by atoms with Gasteiger partial charge in [-0.05, 0) is 12.1 Å². The van der Waals surface area contributed by atoms with Gasteiger partial charge in [0.15, 0.2) is 0 Å². The molecule has 1 N–H and O–H groups in total. The van der Waals surface area contributed by atoms with Crippen LogP contribution in [-0.2, 0) is 9.53 Å². The largest absolute Gasteiger partial charge is 0.371 e. The summed E-state index contributed by atoms with van der Waals surface area (Å²) < 4.78 is 5.00. The number of amides is 1. The minimum Gasteiger partial charge on any atom is -0.371 e. The lowest BCUT2D eigenvalue weighted by Gasteiger charge is -2.05. The van der Waals surface area contributed by atoms with Crippen LogP contribution in [0.15, 0.2) is 30.3 Å². The van der Waals surface area contributed by atoms with Gasteiger partial charge < -0.3 is 10.1 Å². The number of anilines is 1. The zero-order chi connectivity index (χ0) is 12.5. The monoisotopic (exact) mass is 238 g/mol. The molecular weight excluding hydrogens is 224 g/mol. The molecule has 0 spiro atoms. The molecule has 1 aromatic rings. The quantitative estimate of drug-likeness (QED) is 0.441. The zero-order valence-electron chi connectivity index (χ0n) is 9.30. The first-order valence-electron chi connectivity index (χ1n) is 5.23. The Morgan fingerprint density at radius 2 is 2.06 bits per heavy atom. The molecule has 1 rings (SSSR count). The average molecular weight is 238 g/mol. The molecule has 0 saturated carbocycles. The van der Waals surface area contributed by atoms with Crippen molar-refractivity contribution >= 4 is 11.6 Å². The molecule has 1 aromatic carbocycles. The van der Waals surface area contributed by atoms with E-state index in [1.807, 2.05) is 18.2 Å². The molecule has 0 aliphatic carbocycles. The van der Waals surface area contributed by atoms with Crippen molar-refractivity contribution in [2.45, 2.75) is 6.42 Å². The van der Waals surface area contributed by atoms with Gasteiger partial charge >= 0.3 is 0 Å². The van der Waals surface area contributed by atoms with Crippen molar-refractivity contribution in [2.75, 3.05) is 25.1 Å². The fourth-order valence-electron chi connectivity index (χ4n) is 1.18. The smallest absolute Gasteiger partial charge is 0.250 e. The highest BCUT2D eigenvalue weighted by Gasteiger charge is 2.02. The van der Waals surface area contributed by atoms with Gasteiger partial charge in [-0.1, -0.05) is 18.2 Å². The van der Waals surface area contributed by atoms with Gasteiger partial charge in [0.25, 0.3) is 0 Å². The Kier molecular flexibility index (Phi) is 5.67. The first-order valence-corrected chi connectivity index (χ1v) is 5.23. The van der Waals surface area contributed by atoms with Gasteiger partial charge in [0.05, 0.1) is 6.61 Å². The molecule has 0 aliphatic rings. The molecule has 0 fully saturated rings. The molecule has 0 unspecified atom stereocenters. The maximum atomic E-state index is 11.3. The van der Waals surface area contributed by atoms with Crippen molar-refractivity contribution in [1.82, 2.24) is 0 Å². The van der Waals surface area contributed by atoms with Crippen LogP contribution in [0.5, 0.6) is 0 Å². The number of para-hydroxylation sites is 1. The second-order valence-electron chi connectivity index (χ2n) is 3.38. The molecule has 0 radical (unpaired) electrons. The molecule has 6 nitrogen and oxygen atoms in total. The van der Waals surface area contributed by atoms with Crippen molar-refractivity contribution in [1.29, 1.82) is 0 Å². The summed E-state index contributed by atoms with van der Waals surface area (Å²) in [5.41, 5.74) is 0.700. The summed E-state index contributed by atoms with van der Waals surface area (Å²) in [7, 11) is 0. The number of nitrogens with one attached hydrogen (secondary N) is 1. The summed E-state index contributed by atoms with van der Waals surface area (Å²) in [5.74, 6) is -0.266. The standard InChI is InChI=1S/C11H14N2O4/c14-11(9-17-8-4-7-13(15)16)12-10-5-2-1-3-6-10/h1-3,5-6H,4,7-9H2,(H,12,14). The molecule has 6 heteroatoms. The maximum Gasteiger partial charge on any atom is 0.250 e. The van der Waals surface area contributed by atoms with Gasteiger partial charge in [0, 0.05) is 17.0 Å². The summed E-state index contributed by atoms with van der Waals surface area (Å²) in [6.45, 7) is -0.0178. The van der Waals surface area contributed by atoms with Crippen LogP contribution in [-0.4, -0.2) is 30.6 Å². The van der Waals surface area contributed by atoms with Crippen molar-refractivity contribution in [3.05, 3.63) is 40.4 Å². The minimum absolute atomic E-state index is 0.0907. The molecule has 17 heavy (non-hydrogen) atoms. The summed E-state index contributed by atoms with van der Waals surface area (Å²) in [6, 6.07) is 9.01. The highest BCUT2D eigenvalue weighted by molar-refractivity contribution is 5.91. The van der Waals surface area contributed by atoms with E-state index < -0.39 is 4.92 Å². The van der Waals surface area contributed by atoms with Crippen molar-refractivity contribution in [2.24, 2.45) is 0 Å². The third-order valence-electron chi connectivity index (χ3n) is 1.92. The van der Waals surface area contributed by atoms with E-state index in [1.165, 1.54) is 0 Å². The van der Waals surface area contributed by atoms with E-state index in [0.29, 0.717) is 12.1 Å². The zero-order valence-corrected chi connectivity index (χ0v) is 9.30. The molecule has 92 valence electrons. The van der Waals surface area contributed by atoms with Crippen molar-refractivity contribution in [3.63, 3.8) is 0 Å². The number of nitro groups is 1. The van der Waals surface area contributed by atoms with E-state index in [-0.39, 0.29) is 25.7 Å². The van der Waals surface area contributed by atoms with Crippen LogP contribution in [0.3, 0.4) is 0 Å². The number of rotatable bonds is 7. The van der Waals surface area contributed by atoms with Gasteiger partial charge in [-0.15, -0.1) is 0 Å². The van der Waals surface area contributed by atoms with Crippen molar-refractivity contribution < 1.29 is 14.5 Å². The average Bonchev–Trinajstić information content (AvgIpc) is 2.29. The first kappa shape index (κ1) is 13.1. The molecule has 0 aliphatic heterocycles. The summed E-state index contributed by atoms with van der Waals surface area (Å²) in [4.78, 5) is 20.9. The minimum atomic E-state index is -0.409. The fraction of sp³-hybridized carbons (Fsp3) is 0.364. The Morgan fingerprint density at radius 3 is 2.71 bits per heavy atom. The van der Waals surface area contributed by atoms with Crippen LogP contribution in [0.4, 0.5) is 5.69 Å². The SMILES string of the molecule is O=C(COCCC[N+](=O)[O-])Nc1ccccc1. The lowest BCUT2D eigenvalue weighted by Crippen LogP contribution is -2.19. The predicted octanol–water partition coefficient (Wildman–Crippen LogP) is 1.31. The summed E-state index contributed by atoms with van der Waals surface area (Å²) in [6.07, 6.45) is 0.311. The van der Waals surface area contributed by atoms with Crippen LogP contribution in [0, 0.1) is 10.1 Å². The third-order valence-corrected chi connectivity index (χ3v) is 1.92. The van der Waals surface area contributed by atoms with E-state index in [0.717, 1.165) is 0 Å². The van der Waals surface area contributed by atoms with E-state index in [4.69, 9.17) is 4.74 Å². The lowest BCUT2D eigenvalue weighted by molar-refractivity contribution is -0.480. The molecule has 0 saturated heterocycles. The van der Waals surface area contributed by atoms with Crippen molar-refractivity contribution in [3.8, 4) is 0 Å². The van der Waals surface area contributed by atoms with Gasteiger partial charge in [0.1, 0.15) is 6.61 Å². The van der Waals surface area contributed by atoms with Crippen LogP contribution < -0.4 is 5.32 Å². The normalized spacial score (nSPS) is 9.88. The van der Waals surface area contributed by atoms with E-state index in [9.17, 15) is 14.9 Å². The van der Waals surface area contributed by atoms with Gasteiger partial charge in [-0.2, -0.15) is 0 Å². The molecule has 0 aromatic heterocycles. The number of nitrogens with zero attached hydrogens (tertiary/aromatic N) is 1. The Hall–Kier alpha value is -1.95. The Morgan fingerprint density at radius 1 is 1.35 bits per heavy atom. The maximum absolute atomic E-state index is 11.3. The van der Waals surface area contributed by atoms with Gasteiger partial charge in [0.2, 0.25) is 12.5 Å². The summed E-state index contributed by atoms with van der Waals surface area (Å²) in [5, 5.41) is 12.7. The predicted molar refractivity (Wildman–Crippen MR) is 62.4 cm³/mol. The van der Waals surface area contributed by atoms with Crippen LogP contribution in [0.25, 0.3) is 0 Å². The van der Waals surface area contributed by atoms with Gasteiger partial charge in [-0.25, -0.2) is 0 Å². The number of ether oxygens (including phenoxy) is 1. The number of hydrogen-bond acceptors (Lipinski definition) is 4. The molecule has 0 bridgehead atoms. The Labute approximate surface area is 98.7 Å². The number of hydrogen-bond donors (Lipinski definition) is 1. The third kappa shape index (κ3) is 6.26. The highest BCUT2D eigenvalue weighted by Crippen LogP contribution is 2.04. The van der Waals surface area contributed by atoms with E-state index in [1.54, 1.807) is 12.1 Å². The first-order chi connectivity index (χ1) is 8.18. The number of benzene rings is 1. The molecule has 0 atom stereocenters. The second-order valence-corrected chi connectivity index (χ2v) is 3.38. The molecule has 0 heterocycles. The van der Waals surface area contributed by atoms with Gasteiger partial charge in [-0.3, -0.25) is 14.9 Å². The number of carbonyl (C=O) groups excluding carboxylic acids is 1. The Balaban J connectivity index is 2.12. The van der Waals surface area contributed by atoms with Crippen LogP contribution in [0.2, 0.25) is 0 Å². The van der Waals surface area contributed by atoms with E-state index >= 15 is 0 Å². The van der Waals surface area contributed by atoms with Crippen LogP contribution >= 0.6 is 0 Å². The molecular formula is C11H14N2O4. The topological polar surface area (TPSA) is 81.5 Å². The lowest BCUT2D eigenvalue weighted by atomic mass is 10.3. The highest BCUT2D eigenvalue weighted by atomic mass is 16.6. The second kappa shape index (κ2) is 7.34. The molecule has 1 amide bonds. The summed E-state index contributed by atoms with van der Waals surface area (Å²) >= 11 is 0. The van der Waals surface area contributed by atoms with E-state index in [2.05, 4.69) is 5.32 Å². The Bertz CT molecular complexity index is 367. The number of carbonyl (C=O) groups is 1. The van der Waals surface area contributed by atoms with Crippen LogP contribution in [0.1, 0.15) is 6.42 Å². The fourth-order valence-corrected chi connectivity index (χ4v) is 1.18.